The Kier molecular flexibility index (Phi) is 4.67. The van der Waals surface area contributed by atoms with Gasteiger partial charge in [0.25, 0.3) is 5.91 Å². The molecule has 1 saturated heterocycles. The third-order valence-corrected chi connectivity index (χ3v) is 3.49. The largest absolute Gasteiger partial charge is 0.397 e. The minimum atomic E-state index is -0.104. The van der Waals surface area contributed by atoms with Gasteiger partial charge in [-0.25, -0.2) is 0 Å². The van der Waals surface area contributed by atoms with Crippen molar-refractivity contribution < 1.29 is 9.53 Å². The molecule has 1 atom stereocenters. The lowest BCUT2D eigenvalue weighted by Gasteiger charge is -2.30. The number of nitrogen functional groups attached to an aromatic ring is 1. The number of likely N-dealkylation sites (N-methyl/N-ethyl adjacent to an activating group) is 1. The van der Waals surface area contributed by atoms with Crippen molar-refractivity contribution in [3.05, 3.63) is 18.0 Å². The van der Waals surface area contributed by atoms with E-state index in [1.165, 1.54) is 0 Å². The number of hydrogen-bond acceptors (Lipinski definition) is 4. The highest BCUT2D eigenvalue weighted by molar-refractivity contribution is 5.93. The first-order chi connectivity index (χ1) is 9.47. The monoisotopic (exact) mass is 280 g/mol. The maximum atomic E-state index is 12.3. The molecule has 0 bridgehead atoms. The number of rotatable bonds is 4. The highest BCUT2D eigenvalue weighted by Gasteiger charge is 2.20. The fourth-order valence-electron chi connectivity index (χ4n) is 2.40. The Morgan fingerprint density at radius 3 is 3.00 bits per heavy atom. The Hall–Kier alpha value is -1.53. The van der Waals surface area contributed by atoms with Gasteiger partial charge in [0.05, 0.1) is 18.4 Å². The number of aromatic nitrogens is 1. The van der Waals surface area contributed by atoms with Crippen molar-refractivity contribution in [1.29, 1.82) is 0 Å². The quantitative estimate of drug-likeness (QED) is 0.852. The second-order valence-electron chi connectivity index (χ2n) is 5.62. The van der Waals surface area contributed by atoms with Crippen molar-refractivity contribution in [2.45, 2.75) is 26.0 Å². The molecule has 0 radical (unpaired) electrons. The molecular formula is C14H24N4O2. The van der Waals surface area contributed by atoms with Crippen LogP contribution in [0.5, 0.6) is 0 Å². The lowest BCUT2D eigenvalue weighted by Crippen LogP contribution is -2.46. The second kappa shape index (κ2) is 6.28. The number of nitrogens with zero attached hydrogens (tertiary/aromatic N) is 2. The zero-order chi connectivity index (χ0) is 14.7. The van der Waals surface area contributed by atoms with Gasteiger partial charge in [-0.05, 0) is 27.0 Å². The normalized spacial score (nSPS) is 20.3. The minimum Gasteiger partial charge on any atom is -0.397 e. The molecule has 1 aromatic rings. The summed E-state index contributed by atoms with van der Waals surface area (Å²) >= 11 is 0. The van der Waals surface area contributed by atoms with Crippen LogP contribution in [-0.2, 0) is 4.74 Å². The molecule has 112 valence electrons. The van der Waals surface area contributed by atoms with Crippen LogP contribution < -0.4 is 11.1 Å². The van der Waals surface area contributed by atoms with Crippen LogP contribution >= 0.6 is 0 Å². The molecule has 3 N–H and O–H groups in total. The number of amides is 1. The van der Waals surface area contributed by atoms with E-state index in [-0.39, 0.29) is 18.1 Å². The van der Waals surface area contributed by atoms with Crippen molar-refractivity contribution in [1.82, 2.24) is 14.8 Å². The first-order valence-electron chi connectivity index (χ1n) is 7.03. The number of hydrogen-bond donors (Lipinski definition) is 2. The number of nitrogens with two attached hydrogens (primary N) is 1. The molecule has 1 fully saturated rings. The standard InChI is InChI=1S/C14H24N4O2/c1-10(2)18-8-11(15)6-13(18)14(19)16-7-12-9-17(3)4-5-20-12/h6,8,10,12H,4-5,7,9,15H2,1-3H3,(H,16,19). The van der Waals surface area contributed by atoms with Crippen molar-refractivity contribution >= 4 is 11.6 Å². The summed E-state index contributed by atoms with van der Waals surface area (Å²) in [7, 11) is 2.06. The molecule has 2 rings (SSSR count). The van der Waals surface area contributed by atoms with Crippen LogP contribution in [0.3, 0.4) is 0 Å². The molecule has 6 nitrogen and oxygen atoms in total. The van der Waals surface area contributed by atoms with Gasteiger partial charge in [-0.3, -0.25) is 4.79 Å². The first-order valence-corrected chi connectivity index (χ1v) is 7.03. The maximum absolute atomic E-state index is 12.3. The van der Waals surface area contributed by atoms with Gasteiger partial charge in [0, 0.05) is 31.9 Å². The third-order valence-electron chi connectivity index (χ3n) is 3.49. The summed E-state index contributed by atoms with van der Waals surface area (Å²) in [6.07, 6.45) is 1.85. The predicted molar refractivity (Wildman–Crippen MR) is 78.8 cm³/mol. The Morgan fingerprint density at radius 1 is 1.60 bits per heavy atom. The van der Waals surface area contributed by atoms with E-state index in [1.807, 2.05) is 18.4 Å². The predicted octanol–water partition coefficient (Wildman–Crippen LogP) is 0.712. The van der Waals surface area contributed by atoms with Crippen LogP contribution in [0.4, 0.5) is 5.69 Å². The first kappa shape index (κ1) is 14.9. The number of morpholine rings is 1. The van der Waals surface area contributed by atoms with Crippen LogP contribution in [0.15, 0.2) is 12.3 Å². The van der Waals surface area contributed by atoms with Gasteiger partial charge in [-0.2, -0.15) is 0 Å². The average Bonchev–Trinajstić information content (AvgIpc) is 2.78. The zero-order valence-corrected chi connectivity index (χ0v) is 12.4. The average molecular weight is 280 g/mol. The highest BCUT2D eigenvalue weighted by atomic mass is 16.5. The molecular weight excluding hydrogens is 256 g/mol. The van der Waals surface area contributed by atoms with E-state index in [2.05, 4.69) is 17.3 Å². The van der Waals surface area contributed by atoms with Crippen LogP contribution in [0.1, 0.15) is 30.4 Å². The lowest BCUT2D eigenvalue weighted by atomic mass is 10.2. The van der Waals surface area contributed by atoms with Crippen LogP contribution in [0.25, 0.3) is 0 Å². The number of anilines is 1. The molecule has 1 aliphatic rings. The van der Waals surface area contributed by atoms with Crippen molar-refractivity contribution in [2.75, 3.05) is 39.0 Å². The van der Waals surface area contributed by atoms with Crippen molar-refractivity contribution in [3.63, 3.8) is 0 Å². The highest BCUT2D eigenvalue weighted by Crippen LogP contribution is 2.16. The molecule has 0 aliphatic carbocycles. The van der Waals surface area contributed by atoms with Crippen LogP contribution in [0, 0.1) is 0 Å². The molecule has 0 saturated carbocycles. The molecule has 2 heterocycles. The molecule has 0 spiro atoms. The molecule has 20 heavy (non-hydrogen) atoms. The van der Waals surface area contributed by atoms with E-state index < -0.39 is 0 Å². The number of carbonyl (C=O) groups is 1. The van der Waals surface area contributed by atoms with Crippen molar-refractivity contribution in [3.8, 4) is 0 Å². The van der Waals surface area contributed by atoms with E-state index in [4.69, 9.17) is 10.5 Å². The Bertz CT molecular complexity index is 470. The molecule has 0 aromatic carbocycles. The number of carbonyl (C=O) groups excluding carboxylic acids is 1. The molecule has 1 amide bonds. The zero-order valence-electron chi connectivity index (χ0n) is 12.4. The van der Waals surface area contributed by atoms with Crippen LogP contribution in [-0.4, -0.2) is 54.8 Å². The SMILES string of the molecule is CC(C)n1cc(N)cc1C(=O)NCC1CN(C)CCO1. The van der Waals surface area contributed by atoms with Gasteiger partial charge in [0.1, 0.15) is 5.69 Å². The van der Waals surface area contributed by atoms with E-state index >= 15 is 0 Å². The number of nitrogens with one attached hydrogen (secondary N) is 1. The summed E-state index contributed by atoms with van der Waals surface area (Å²) in [4.78, 5) is 14.5. The fourth-order valence-corrected chi connectivity index (χ4v) is 2.40. The maximum Gasteiger partial charge on any atom is 0.268 e. The van der Waals surface area contributed by atoms with E-state index in [1.54, 1.807) is 12.3 Å². The van der Waals surface area contributed by atoms with E-state index in [0.717, 1.165) is 13.1 Å². The summed E-state index contributed by atoms with van der Waals surface area (Å²) < 4.78 is 7.52. The molecule has 1 aliphatic heterocycles. The summed E-state index contributed by atoms with van der Waals surface area (Å²) in [6.45, 7) is 7.06. The Balaban J connectivity index is 1.95. The third kappa shape index (κ3) is 3.52. The van der Waals surface area contributed by atoms with Gasteiger partial charge >= 0.3 is 0 Å². The fraction of sp³-hybridized carbons (Fsp3) is 0.643. The van der Waals surface area contributed by atoms with Gasteiger partial charge in [-0.15, -0.1) is 0 Å². The topological polar surface area (TPSA) is 72.5 Å². The van der Waals surface area contributed by atoms with Crippen LogP contribution in [0.2, 0.25) is 0 Å². The number of ether oxygens (including phenoxy) is 1. The van der Waals surface area contributed by atoms with E-state index in [0.29, 0.717) is 24.5 Å². The Labute approximate surface area is 119 Å². The second-order valence-corrected chi connectivity index (χ2v) is 5.62. The molecule has 1 aromatic heterocycles. The van der Waals surface area contributed by atoms with Gasteiger partial charge in [0.2, 0.25) is 0 Å². The molecule has 1 unspecified atom stereocenters. The van der Waals surface area contributed by atoms with Gasteiger partial charge < -0.3 is 25.3 Å². The molecule has 6 heteroatoms. The van der Waals surface area contributed by atoms with Crippen molar-refractivity contribution in [2.24, 2.45) is 0 Å². The summed E-state index contributed by atoms with van der Waals surface area (Å²) in [6, 6.07) is 1.91. The van der Waals surface area contributed by atoms with Gasteiger partial charge in [-0.1, -0.05) is 0 Å². The van der Waals surface area contributed by atoms with E-state index in [9.17, 15) is 4.79 Å². The summed E-state index contributed by atoms with van der Waals surface area (Å²) in [5.74, 6) is -0.104. The smallest absolute Gasteiger partial charge is 0.268 e. The summed E-state index contributed by atoms with van der Waals surface area (Å²) in [5.41, 5.74) is 6.99. The summed E-state index contributed by atoms with van der Waals surface area (Å²) in [5, 5.41) is 2.93. The Morgan fingerprint density at radius 2 is 2.35 bits per heavy atom. The van der Waals surface area contributed by atoms with Gasteiger partial charge in [0.15, 0.2) is 0 Å². The lowest BCUT2D eigenvalue weighted by molar-refractivity contribution is -0.0175. The minimum absolute atomic E-state index is 0.0532.